The van der Waals surface area contributed by atoms with Crippen LogP contribution in [-0.4, -0.2) is 73.8 Å². The van der Waals surface area contributed by atoms with E-state index in [1.165, 1.54) is 37.8 Å². The number of H-pyrrole nitrogens is 2. The van der Waals surface area contributed by atoms with Gasteiger partial charge in [-0.25, -0.2) is 9.37 Å². The van der Waals surface area contributed by atoms with Crippen molar-refractivity contribution in [1.29, 1.82) is 0 Å². The predicted molar refractivity (Wildman–Crippen MR) is 173 cm³/mol. The second kappa shape index (κ2) is 12.7. The van der Waals surface area contributed by atoms with Gasteiger partial charge in [-0.3, -0.25) is 20.1 Å². The van der Waals surface area contributed by atoms with Gasteiger partial charge in [0.25, 0.3) is 0 Å². The second-order valence-electron chi connectivity index (χ2n) is 12.0. The van der Waals surface area contributed by atoms with E-state index in [2.05, 4.69) is 36.5 Å². The van der Waals surface area contributed by atoms with E-state index in [4.69, 9.17) is 14.7 Å². The van der Waals surface area contributed by atoms with E-state index in [1.54, 1.807) is 18.5 Å². The highest BCUT2D eigenvalue weighted by Gasteiger charge is 2.18. The van der Waals surface area contributed by atoms with Crippen molar-refractivity contribution in [2.75, 3.05) is 33.8 Å². The zero-order chi connectivity index (χ0) is 30.8. The molecule has 1 aromatic carbocycles. The Morgan fingerprint density at radius 1 is 0.978 bits per heavy atom. The molecule has 5 heterocycles. The quantitative estimate of drug-likeness (QED) is 0.165. The van der Waals surface area contributed by atoms with E-state index in [-0.39, 0.29) is 0 Å². The second-order valence-corrected chi connectivity index (χ2v) is 12.0. The number of nitrogens with one attached hydrogen (secondary N) is 3. The summed E-state index contributed by atoms with van der Waals surface area (Å²) in [5.41, 5.74) is 6.84. The highest BCUT2D eigenvalue weighted by Crippen LogP contribution is 2.33. The molecule has 0 amide bonds. The molecule has 0 unspecified atom stereocenters. The van der Waals surface area contributed by atoms with E-state index >= 15 is 0 Å². The number of aromatic nitrogens is 7. The Hall–Kier alpha value is -4.74. The Bertz CT molecular complexity index is 1940. The number of halogens is 1. The predicted octanol–water partition coefficient (Wildman–Crippen LogP) is 5.98. The van der Waals surface area contributed by atoms with Gasteiger partial charge >= 0.3 is 0 Å². The maximum absolute atomic E-state index is 14.7. The molecule has 0 spiro atoms. The SMILES string of the molecule is CN(C)CCOc1cc(F)cc(-c2nccc3[nH]c(-c4n[nH]c5cnc(-c6cncc(CNCC7CCCC7)c6)cc45)nc23)c1. The molecule has 1 aliphatic rings. The highest BCUT2D eigenvalue weighted by atomic mass is 19.1. The largest absolute Gasteiger partial charge is 0.492 e. The van der Waals surface area contributed by atoms with E-state index in [0.29, 0.717) is 40.6 Å². The fourth-order valence-electron chi connectivity index (χ4n) is 6.00. The van der Waals surface area contributed by atoms with Gasteiger partial charge in [0, 0.05) is 54.3 Å². The fraction of sp³-hybridized carbons (Fsp3) is 0.324. The lowest BCUT2D eigenvalue weighted by molar-refractivity contribution is 0.260. The minimum absolute atomic E-state index is 0.400. The van der Waals surface area contributed by atoms with Gasteiger partial charge in [-0.05, 0) is 75.3 Å². The Morgan fingerprint density at radius 3 is 2.73 bits per heavy atom. The van der Waals surface area contributed by atoms with Crippen LogP contribution < -0.4 is 10.1 Å². The molecule has 45 heavy (non-hydrogen) atoms. The van der Waals surface area contributed by atoms with Crippen molar-refractivity contribution in [3.8, 4) is 39.8 Å². The fourth-order valence-corrected chi connectivity index (χ4v) is 6.00. The van der Waals surface area contributed by atoms with E-state index < -0.39 is 5.82 Å². The van der Waals surface area contributed by atoms with Crippen molar-refractivity contribution in [1.82, 2.24) is 45.3 Å². The van der Waals surface area contributed by atoms with Crippen molar-refractivity contribution >= 4 is 21.9 Å². The van der Waals surface area contributed by atoms with Gasteiger partial charge in [0.05, 0.1) is 28.6 Å². The van der Waals surface area contributed by atoms with Crippen LogP contribution in [0.15, 0.2) is 61.2 Å². The lowest BCUT2D eigenvalue weighted by atomic mass is 10.1. The number of imidazole rings is 1. The van der Waals surface area contributed by atoms with Gasteiger partial charge in [-0.1, -0.05) is 12.8 Å². The monoisotopic (exact) mass is 605 g/mol. The van der Waals surface area contributed by atoms with Gasteiger partial charge in [0.2, 0.25) is 0 Å². The summed E-state index contributed by atoms with van der Waals surface area (Å²) in [5.74, 6) is 1.41. The first-order valence-corrected chi connectivity index (χ1v) is 15.4. The lowest BCUT2D eigenvalue weighted by Crippen LogP contribution is -2.20. The van der Waals surface area contributed by atoms with Crippen LogP contribution in [0.2, 0.25) is 0 Å². The first kappa shape index (κ1) is 29.0. The smallest absolute Gasteiger partial charge is 0.159 e. The number of pyridine rings is 3. The third-order valence-corrected chi connectivity index (χ3v) is 8.35. The molecule has 11 heteroatoms. The molecular formula is C34H36FN9O. The van der Waals surface area contributed by atoms with Crippen LogP contribution in [0.3, 0.4) is 0 Å². The molecule has 0 bridgehead atoms. The number of aromatic amines is 2. The molecule has 0 radical (unpaired) electrons. The molecule has 230 valence electrons. The summed E-state index contributed by atoms with van der Waals surface area (Å²) in [4.78, 5) is 24.0. The molecule has 0 atom stereocenters. The molecule has 0 aliphatic heterocycles. The molecule has 10 nitrogen and oxygen atoms in total. The third kappa shape index (κ3) is 6.40. The van der Waals surface area contributed by atoms with Crippen LogP contribution in [0, 0.1) is 11.7 Å². The summed E-state index contributed by atoms with van der Waals surface area (Å²) in [6.45, 7) is 2.99. The summed E-state index contributed by atoms with van der Waals surface area (Å²) in [7, 11) is 3.93. The number of benzene rings is 1. The Labute approximate surface area is 260 Å². The molecule has 3 N–H and O–H groups in total. The van der Waals surface area contributed by atoms with Gasteiger partial charge in [0.15, 0.2) is 5.82 Å². The van der Waals surface area contributed by atoms with Crippen LogP contribution in [0.1, 0.15) is 31.2 Å². The van der Waals surface area contributed by atoms with Gasteiger partial charge < -0.3 is 19.9 Å². The minimum Gasteiger partial charge on any atom is -0.492 e. The summed E-state index contributed by atoms with van der Waals surface area (Å²) >= 11 is 0. The van der Waals surface area contributed by atoms with Crippen LogP contribution in [-0.2, 0) is 6.54 Å². The summed E-state index contributed by atoms with van der Waals surface area (Å²) in [6.07, 6.45) is 12.6. The minimum atomic E-state index is -0.400. The molecule has 1 saturated carbocycles. The first-order valence-electron chi connectivity index (χ1n) is 15.4. The Kier molecular flexibility index (Phi) is 8.19. The van der Waals surface area contributed by atoms with E-state index in [1.807, 2.05) is 43.5 Å². The number of fused-ring (bicyclic) bond motifs is 2. The van der Waals surface area contributed by atoms with Gasteiger partial charge in [-0.2, -0.15) is 5.10 Å². The zero-order valence-electron chi connectivity index (χ0n) is 25.5. The Morgan fingerprint density at radius 2 is 1.87 bits per heavy atom. The van der Waals surface area contributed by atoms with Crippen LogP contribution in [0.4, 0.5) is 4.39 Å². The standard InChI is InChI=1S/C34H36FN9O/c1-44(2)9-10-45-26-13-23(12-25(35)14-26)31-33-28(7-8-38-31)40-34(41-33)32-27-15-29(39-20-30(27)42-43-32)24-11-22(18-37-19-24)17-36-16-21-5-3-4-6-21/h7-8,11-15,18-21,36H,3-6,9-10,16-17H2,1-2H3,(H,40,41)(H,42,43). The summed E-state index contributed by atoms with van der Waals surface area (Å²) < 4.78 is 20.5. The molecule has 1 fully saturated rings. The van der Waals surface area contributed by atoms with E-state index in [0.717, 1.165) is 58.8 Å². The van der Waals surface area contributed by atoms with Crippen LogP contribution >= 0.6 is 0 Å². The van der Waals surface area contributed by atoms with Crippen molar-refractivity contribution in [2.24, 2.45) is 5.92 Å². The van der Waals surface area contributed by atoms with Crippen molar-refractivity contribution in [2.45, 2.75) is 32.2 Å². The number of nitrogens with zero attached hydrogens (tertiary/aromatic N) is 6. The molecular weight excluding hydrogens is 569 g/mol. The van der Waals surface area contributed by atoms with Crippen LogP contribution in [0.25, 0.3) is 56.0 Å². The van der Waals surface area contributed by atoms with Crippen molar-refractivity contribution in [3.63, 3.8) is 0 Å². The van der Waals surface area contributed by atoms with E-state index in [9.17, 15) is 4.39 Å². The molecule has 5 aromatic heterocycles. The number of rotatable bonds is 11. The summed E-state index contributed by atoms with van der Waals surface area (Å²) in [6, 6.07) is 10.6. The average Bonchev–Trinajstić information content (AvgIpc) is 3.80. The van der Waals surface area contributed by atoms with Gasteiger partial charge in [0.1, 0.15) is 29.4 Å². The maximum atomic E-state index is 14.7. The number of ether oxygens (including phenoxy) is 1. The maximum Gasteiger partial charge on any atom is 0.159 e. The zero-order valence-corrected chi connectivity index (χ0v) is 25.5. The highest BCUT2D eigenvalue weighted by molar-refractivity contribution is 5.96. The number of likely N-dealkylation sites (N-methyl/N-ethyl adjacent to an activating group) is 1. The van der Waals surface area contributed by atoms with Crippen molar-refractivity contribution < 1.29 is 9.13 Å². The number of hydrogen-bond acceptors (Lipinski definition) is 8. The molecule has 6 aromatic rings. The summed E-state index contributed by atoms with van der Waals surface area (Å²) in [5, 5.41) is 12.1. The average molecular weight is 606 g/mol. The molecule has 1 aliphatic carbocycles. The number of hydrogen-bond donors (Lipinski definition) is 3. The Balaban J connectivity index is 1.17. The first-order chi connectivity index (χ1) is 22.0. The normalized spacial score (nSPS) is 13.9. The molecule has 7 rings (SSSR count). The third-order valence-electron chi connectivity index (χ3n) is 8.35. The van der Waals surface area contributed by atoms with Gasteiger partial charge in [-0.15, -0.1) is 0 Å². The lowest BCUT2D eigenvalue weighted by Gasteiger charge is -2.12. The topological polar surface area (TPSA) is 121 Å². The van der Waals surface area contributed by atoms with Crippen molar-refractivity contribution in [3.05, 3.63) is 72.6 Å². The molecule has 0 saturated heterocycles. The van der Waals surface area contributed by atoms with Crippen LogP contribution in [0.5, 0.6) is 5.75 Å².